The maximum Gasteiger partial charge on any atom is 0.336 e. The number of carboxylic acids is 1. The van der Waals surface area contributed by atoms with Crippen LogP contribution >= 0.6 is 43.6 Å². The lowest BCUT2D eigenvalue weighted by Gasteiger charge is -2.09. The van der Waals surface area contributed by atoms with Gasteiger partial charge in [0.05, 0.1) is 12.7 Å². The summed E-state index contributed by atoms with van der Waals surface area (Å²) in [6.07, 6.45) is 0. The van der Waals surface area contributed by atoms with E-state index in [9.17, 15) is 4.79 Å². The van der Waals surface area contributed by atoms with E-state index in [0.717, 1.165) is 20.7 Å². The quantitative estimate of drug-likeness (QED) is 0.660. The van der Waals surface area contributed by atoms with Gasteiger partial charge in [-0.15, -0.1) is 11.8 Å². The van der Waals surface area contributed by atoms with Gasteiger partial charge in [-0.3, -0.25) is 0 Å². The van der Waals surface area contributed by atoms with Gasteiger partial charge in [0.25, 0.3) is 0 Å². The molecule has 0 amide bonds. The van der Waals surface area contributed by atoms with Gasteiger partial charge in [0, 0.05) is 25.2 Å². The maximum absolute atomic E-state index is 11.1. The first kappa shape index (κ1) is 16.4. The predicted molar refractivity (Wildman–Crippen MR) is 91.4 cm³/mol. The molecular weight excluding hydrogens is 420 g/mol. The fraction of sp³-hybridized carbons (Fsp3) is 0.133. The molecule has 110 valence electrons. The smallest absolute Gasteiger partial charge is 0.336 e. The summed E-state index contributed by atoms with van der Waals surface area (Å²) in [5, 5.41) is 9.13. The van der Waals surface area contributed by atoms with E-state index in [1.807, 2.05) is 24.3 Å². The van der Waals surface area contributed by atoms with Crippen LogP contribution in [0.4, 0.5) is 0 Å². The molecule has 1 N–H and O–H groups in total. The number of ether oxygens (including phenoxy) is 1. The Morgan fingerprint density at radius 2 is 2.00 bits per heavy atom. The molecule has 0 aromatic heterocycles. The molecule has 0 atom stereocenters. The third-order valence-corrected chi connectivity index (χ3v) is 5.03. The average molecular weight is 432 g/mol. The molecular formula is C15H12Br2O3S. The Morgan fingerprint density at radius 3 is 2.67 bits per heavy atom. The van der Waals surface area contributed by atoms with Gasteiger partial charge in [-0.1, -0.05) is 15.9 Å². The number of hydrogen-bond donors (Lipinski definition) is 1. The molecule has 0 heterocycles. The number of carboxylic acid groups (broad SMARTS) is 1. The van der Waals surface area contributed by atoms with E-state index in [4.69, 9.17) is 9.84 Å². The van der Waals surface area contributed by atoms with Gasteiger partial charge in [0.2, 0.25) is 0 Å². The Morgan fingerprint density at radius 1 is 1.24 bits per heavy atom. The van der Waals surface area contributed by atoms with Gasteiger partial charge < -0.3 is 9.84 Å². The highest BCUT2D eigenvalue weighted by molar-refractivity contribution is 9.10. The van der Waals surface area contributed by atoms with Gasteiger partial charge >= 0.3 is 5.97 Å². The van der Waals surface area contributed by atoms with Crippen LogP contribution in [0.25, 0.3) is 0 Å². The Labute approximate surface area is 144 Å². The van der Waals surface area contributed by atoms with Crippen LogP contribution < -0.4 is 4.74 Å². The lowest BCUT2D eigenvalue weighted by Crippen LogP contribution is -1.97. The highest BCUT2D eigenvalue weighted by Gasteiger charge is 2.10. The van der Waals surface area contributed by atoms with Gasteiger partial charge in [-0.2, -0.15) is 0 Å². The van der Waals surface area contributed by atoms with Crippen LogP contribution in [-0.4, -0.2) is 18.2 Å². The molecule has 6 heteroatoms. The molecule has 21 heavy (non-hydrogen) atoms. The number of rotatable bonds is 5. The van der Waals surface area contributed by atoms with Crippen molar-refractivity contribution >= 4 is 49.6 Å². The van der Waals surface area contributed by atoms with Gasteiger partial charge in [0.1, 0.15) is 5.75 Å². The van der Waals surface area contributed by atoms with Crippen molar-refractivity contribution in [3.63, 3.8) is 0 Å². The summed E-state index contributed by atoms with van der Waals surface area (Å²) < 4.78 is 6.90. The maximum atomic E-state index is 11.1. The van der Waals surface area contributed by atoms with E-state index in [1.54, 1.807) is 31.0 Å². The summed E-state index contributed by atoms with van der Waals surface area (Å²) in [6.45, 7) is 0. The summed E-state index contributed by atoms with van der Waals surface area (Å²) in [5.41, 5.74) is 1.32. The van der Waals surface area contributed by atoms with Gasteiger partial charge in [-0.25, -0.2) is 4.79 Å². The molecule has 0 aliphatic heterocycles. The Bertz CT molecular complexity index is 674. The number of benzene rings is 2. The van der Waals surface area contributed by atoms with Gasteiger partial charge in [0.15, 0.2) is 0 Å². The second-order valence-electron chi connectivity index (χ2n) is 4.19. The van der Waals surface area contributed by atoms with Crippen LogP contribution in [0.5, 0.6) is 5.75 Å². The number of methoxy groups -OCH3 is 1. The Balaban J connectivity index is 2.19. The van der Waals surface area contributed by atoms with E-state index in [2.05, 4.69) is 31.9 Å². The molecule has 0 saturated heterocycles. The molecule has 0 radical (unpaired) electrons. The van der Waals surface area contributed by atoms with Crippen molar-refractivity contribution in [2.24, 2.45) is 0 Å². The van der Waals surface area contributed by atoms with Crippen molar-refractivity contribution < 1.29 is 14.6 Å². The van der Waals surface area contributed by atoms with Crippen LogP contribution in [-0.2, 0) is 5.75 Å². The van der Waals surface area contributed by atoms with Crippen LogP contribution in [0, 0.1) is 0 Å². The highest BCUT2D eigenvalue weighted by atomic mass is 79.9. The summed E-state index contributed by atoms with van der Waals surface area (Å²) >= 11 is 8.25. The number of carbonyl (C=O) groups is 1. The first-order valence-electron chi connectivity index (χ1n) is 5.99. The molecule has 2 aromatic carbocycles. The lowest BCUT2D eigenvalue weighted by atomic mass is 10.2. The average Bonchev–Trinajstić information content (AvgIpc) is 2.46. The fourth-order valence-electron chi connectivity index (χ4n) is 1.78. The van der Waals surface area contributed by atoms with Crippen molar-refractivity contribution in [1.29, 1.82) is 0 Å². The largest absolute Gasteiger partial charge is 0.496 e. The molecule has 0 saturated carbocycles. The zero-order valence-electron chi connectivity index (χ0n) is 11.1. The zero-order valence-corrected chi connectivity index (χ0v) is 15.1. The molecule has 0 aliphatic rings. The van der Waals surface area contributed by atoms with E-state index >= 15 is 0 Å². The number of halogens is 2. The monoisotopic (exact) mass is 430 g/mol. The predicted octanol–water partition coefficient (Wildman–Crippen LogP) is 5.21. The van der Waals surface area contributed by atoms with Crippen molar-refractivity contribution in [3.8, 4) is 5.75 Å². The van der Waals surface area contributed by atoms with Crippen LogP contribution in [0.1, 0.15) is 15.9 Å². The van der Waals surface area contributed by atoms with E-state index < -0.39 is 5.97 Å². The van der Waals surface area contributed by atoms with Crippen LogP contribution in [0.3, 0.4) is 0 Å². The molecule has 0 aliphatic carbocycles. The first-order valence-corrected chi connectivity index (χ1v) is 8.56. The summed E-state index contributed by atoms with van der Waals surface area (Å²) in [6, 6.07) is 11.2. The number of thioether (sulfide) groups is 1. The van der Waals surface area contributed by atoms with E-state index in [0.29, 0.717) is 10.2 Å². The molecule has 0 spiro atoms. The number of hydrogen-bond acceptors (Lipinski definition) is 3. The SMILES string of the molecule is COc1ccc(Br)cc1CSc1ccc(Br)c(C(=O)O)c1. The normalized spacial score (nSPS) is 10.4. The number of aromatic carboxylic acids is 1. The lowest BCUT2D eigenvalue weighted by molar-refractivity contribution is 0.0695. The Kier molecular flexibility index (Phi) is 5.72. The topological polar surface area (TPSA) is 46.5 Å². The molecule has 0 fully saturated rings. The Hall–Kier alpha value is -0.980. The molecule has 3 nitrogen and oxygen atoms in total. The fourth-order valence-corrected chi connectivity index (χ4v) is 3.52. The molecule has 0 unspecified atom stereocenters. The summed E-state index contributed by atoms with van der Waals surface area (Å²) in [4.78, 5) is 12.0. The third-order valence-electron chi connectivity index (χ3n) is 2.81. The third kappa shape index (κ3) is 4.25. The molecule has 2 aromatic rings. The summed E-state index contributed by atoms with van der Waals surface area (Å²) in [5.74, 6) is 0.578. The van der Waals surface area contributed by atoms with Crippen molar-refractivity contribution in [2.75, 3.05) is 7.11 Å². The van der Waals surface area contributed by atoms with Crippen molar-refractivity contribution in [1.82, 2.24) is 0 Å². The second-order valence-corrected chi connectivity index (χ2v) is 7.01. The molecule has 2 rings (SSSR count). The summed E-state index contributed by atoms with van der Waals surface area (Å²) in [7, 11) is 1.64. The zero-order chi connectivity index (χ0) is 15.4. The van der Waals surface area contributed by atoms with Crippen molar-refractivity contribution in [3.05, 3.63) is 56.5 Å². The minimum atomic E-state index is -0.940. The standard InChI is InChI=1S/C15H12Br2O3S/c1-20-14-5-2-10(16)6-9(14)8-21-11-3-4-13(17)12(7-11)15(18)19/h2-7H,8H2,1H3,(H,18,19). The highest BCUT2D eigenvalue weighted by Crippen LogP contribution is 2.31. The first-order chi connectivity index (χ1) is 10.0. The minimum absolute atomic E-state index is 0.265. The second kappa shape index (κ2) is 7.33. The van der Waals surface area contributed by atoms with E-state index in [1.165, 1.54) is 0 Å². The van der Waals surface area contributed by atoms with Crippen LogP contribution in [0.15, 0.2) is 50.2 Å². The van der Waals surface area contributed by atoms with E-state index in [-0.39, 0.29) is 5.56 Å². The van der Waals surface area contributed by atoms with Crippen molar-refractivity contribution in [2.45, 2.75) is 10.6 Å². The van der Waals surface area contributed by atoms with Crippen LogP contribution in [0.2, 0.25) is 0 Å². The molecule has 0 bridgehead atoms. The minimum Gasteiger partial charge on any atom is -0.496 e. The van der Waals surface area contributed by atoms with Gasteiger partial charge in [-0.05, 0) is 52.3 Å².